The van der Waals surface area contributed by atoms with Crippen LogP contribution in [-0.2, 0) is 0 Å². The number of nitrogens with zero attached hydrogens (tertiary/aromatic N) is 3. The number of hydrogen-bond donors (Lipinski definition) is 1. The number of hydrogen-bond acceptors (Lipinski definition) is 4. The van der Waals surface area contributed by atoms with Crippen LogP contribution in [0.3, 0.4) is 0 Å². The largest absolute Gasteiger partial charge is 0.338 e. The molecular weight excluding hydrogens is 343 g/mol. The van der Waals surface area contributed by atoms with Gasteiger partial charge in [0, 0.05) is 38.3 Å². The van der Waals surface area contributed by atoms with Gasteiger partial charge >= 0.3 is 6.03 Å². The van der Waals surface area contributed by atoms with Gasteiger partial charge in [-0.15, -0.1) is 11.3 Å². The smallest absolute Gasteiger partial charge is 0.317 e. The number of amides is 3. The van der Waals surface area contributed by atoms with Gasteiger partial charge in [0.05, 0.1) is 6.20 Å². The molecule has 2 heterocycles. The Kier molecular flexibility index (Phi) is 5.28. The standard InChI is InChI=1S/C17H19FN4O2S/c1-2-19-17(24)22-9-7-21(8-10-22)16(23)14-11-20-15(25-14)12-5-3-4-6-13(12)18/h3-6,11H,2,7-10H2,1H3,(H,19,24). The zero-order valence-electron chi connectivity index (χ0n) is 13.9. The van der Waals surface area contributed by atoms with Crippen molar-refractivity contribution in [1.82, 2.24) is 20.1 Å². The van der Waals surface area contributed by atoms with E-state index >= 15 is 0 Å². The molecule has 0 spiro atoms. The molecule has 132 valence electrons. The Morgan fingerprint density at radius 1 is 1.20 bits per heavy atom. The normalized spacial score (nSPS) is 14.5. The Labute approximate surface area is 149 Å². The Balaban J connectivity index is 1.65. The summed E-state index contributed by atoms with van der Waals surface area (Å²) in [5, 5.41) is 3.25. The van der Waals surface area contributed by atoms with Crippen LogP contribution in [0.4, 0.5) is 9.18 Å². The summed E-state index contributed by atoms with van der Waals surface area (Å²) in [5.74, 6) is -0.484. The lowest BCUT2D eigenvalue weighted by Crippen LogP contribution is -2.53. The highest BCUT2D eigenvalue weighted by Gasteiger charge is 2.26. The molecule has 1 N–H and O–H groups in total. The van der Waals surface area contributed by atoms with Crippen LogP contribution in [0.2, 0.25) is 0 Å². The second kappa shape index (κ2) is 7.60. The summed E-state index contributed by atoms with van der Waals surface area (Å²) >= 11 is 1.18. The predicted octanol–water partition coefficient (Wildman–Crippen LogP) is 2.44. The van der Waals surface area contributed by atoms with Crippen LogP contribution >= 0.6 is 11.3 Å². The minimum absolute atomic E-state index is 0.103. The summed E-state index contributed by atoms with van der Waals surface area (Å²) in [6.07, 6.45) is 1.49. The second-order valence-corrected chi connectivity index (χ2v) is 6.65. The summed E-state index contributed by atoms with van der Waals surface area (Å²) in [5.41, 5.74) is 0.396. The van der Waals surface area contributed by atoms with Gasteiger partial charge < -0.3 is 15.1 Å². The molecule has 0 bridgehead atoms. The van der Waals surface area contributed by atoms with E-state index in [9.17, 15) is 14.0 Å². The molecule has 0 unspecified atom stereocenters. The number of nitrogens with one attached hydrogen (secondary N) is 1. The predicted molar refractivity (Wildman–Crippen MR) is 94.1 cm³/mol. The highest BCUT2D eigenvalue weighted by molar-refractivity contribution is 7.16. The van der Waals surface area contributed by atoms with E-state index in [2.05, 4.69) is 10.3 Å². The zero-order chi connectivity index (χ0) is 17.8. The number of carbonyl (C=O) groups excluding carboxylic acids is 2. The molecule has 1 aromatic carbocycles. The van der Waals surface area contributed by atoms with Gasteiger partial charge in [-0.2, -0.15) is 0 Å². The van der Waals surface area contributed by atoms with E-state index in [0.717, 1.165) is 0 Å². The van der Waals surface area contributed by atoms with Crippen molar-refractivity contribution in [3.63, 3.8) is 0 Å². The van der Waals surface area contributed by atoms with Crippen molar-refractivity contribution in [1.29, 1.82) is 0 Å². The highest BCUT2D eigenvalue weighted by atomic mass is 32.1. The van der Waals surface area contributed by atoms with Crippen LogP contribution in [0.5, 0.6) is 0 Å². The van der Waals surface area contributed by atoms with Crippen molar-refractivity contribution in [2.24, 2.45) is 0 Å². The van der Waals surface area contributed by atoms with Crippen molar-refractivity contribution in [2.45, 2.75) is 6.92 Å². The summed E-state index contributed by atoms with van der Waals surface area (Å²) in [4.78, 5) is 32.5. The van der Waals surface area contributed by atoms with Crippen LogP contribution in [0.25, 0.3) is 10.6 Å². The lowest BCUT2D eigenvalue weighted by atomic mass is 10.2. The van der Waals surface area contributed by atoms with Gasteiger partial charge in [-0.1, -0.05) is 12.1 Å². The Morgan fingerprint density at radius 2 is 1.88 bits per heavy atom. The molecule has 25 heavy (non-hydrogen) atoms. The second-order valence-electron chi connectivity index (χ2n) is 5.62. The fraction of sp³-hybridized carbons (Fsp3) is 0.353. The number of thiazole rings is 1. The maximum absolute atomic E-state index is 13.8. The monoisotopic (exact) mass is 362 g/mol. The number of carbonyl (C=O) groups is 2. The Morgan fingerprint density at radius 3 is 2.56 bits per heavy atom. The van der Waals surface area contributed by atoms with Crippen LogP contribution < -0.4 is 5.32 Å². The number of halogens is 1. The number of benzene rings is 1. The van der Waals surface area contributed by atoms with Gasteiger partial charge in [-0.05, 0) is 19.1 Å². The first-order valence-electron chi connectivity index (χ1n) is 8.13. The van der Waals surface area contributed by atoms with Crippen molar-refractivity contribution in [3.05, 3.63) is 41.2 Å². The summed E-state index contributed by atoms with van der Waals surface area (Å²) in [6, 6.07) is 6.27. The van der Waals surface area contributed by atoms with Gasteiger partial charge in [0.1, 0.15) is 15.7 Å². The van der Waals surface area contributed by atoms with E-state index in [1.807, 2.05) is 6.92 Å². The molecule has 1 aliphatic rings. The third-order valence-corrected chi connectivity index (χ3v) is 5.02. The average molecular weight is 362 g/mol. The van der Waals surface area contributed by atoms with E-state index in [-0.39, 0.29) is 17.8 Å². The van der Waals surface area contributed by atoms with Crippen LogP contribution in [0.1, 0.15) is 16.6 Å². The van der Waals surface area contributed by atoms with Gasteiger partial charge in [0.2, 0.25) is 0 Å². The third-order valence-electron chi connectivity index (χ3n) is 4.00. The highest BCUT2D eigenvalue weighted by Crippen LogP contribution is 2.28. The molecule has 0 saturated carbocycles. The first-order valence-corrected chi connectivity index (χ1v) is 8.94. The average Bonchev–Trinajstić information content (AvgIpc) is 3.11. The first-order chi connectivity index (χ1) is 12.1. The molecule has 1 saturated heterocycles. The minimum Gasteiger partial charge on any atom is -0.338 e. The molecule has 1 aliphatic heterocycles. The maximum atomic E-state index is 13.8. The van der Waals surface area contributed by atoms with Gasteiger partial charge in [0.25, 0.3) is 5.91 Å². The summed E-state index contributed by atoms with van der Waals surface area (Å²) in [6.45, 7) is 4.39. The first kappa shape index (κ1) is 17.3. The fourth-order valence-corrected chi connectivity index (χ4v) is 3.57. The van der Waals surface area contributed by atoms with Crippen LogP contribution in [0, 0.1) is 5.82 Å². The summed E-state index contributed by atoms with van der Waals surface area (Å²) in [7, 11) is 0. The van der Waals surface area contributed by atoms with E-state index in [1.54, 1.807) is 28.0 Å². The number of urea groups is 1. The molecular formula is C17H19FN4O2S. The van der Waals surface area contributed by atoms with Crippen molar-refractivity contribution in [3.8, 4) is 10.6 Å². The van der Waals surface area contributed by atoms with Crippen LogP contribution in [-0.4, -0.2) is 59.4 Å². The molecule has 3 amide bonds. The molecule has 6 nitrogen and oxygen atoms in total. The van der Waals surface area contributed by atoms with Crippen LogP contribution in [0.15, 0.2) is 30.5 Å². The van der Waals surface area contributed by atoms with Gasteiger partial charge in [-0.25, -0.2) is 14.2 Å². The maximum Gasteiger partial charge on any atom is 0.317 e. The molecule has 0 aliphatic carbocycles. The lowest BCUT2D eigenvalue weighted by Gasteiger charge is -2.34. The van der Waals surface area contributed by atoms with E-state index in [4.69, 9.17) is 0 Å². The van der Waals surface area contributed by atoms with Crippen molar-refractivity contribution in [2.75, 3.05) is 32.7 Å². The van der Waals surface area contributed by atoms with E-state index < -0.39 is 0 Å². The molecule has 0 atom stereocenters. The molecule has 3 rings (SSSR count). The minimum atomic E-state index is -0.355. The van der Waals surface area contributed by atoms with Crippen molar-refractivity contribution >= 4 is 23.3 Å². The molecule has 1 aromatic heterocycles. The molecule has 1 fully saturated rings. The summed E-state index contributed by atoms with van der Waals surface area (Å²) < 4.78 is 13.8. The number of aromatic nitrogens is 1. The lowest BCUT2D eigenvalue weighted by molar-refractivity contribution is 0.0670. The SMILES string of the molecule is CCNC(=O)N1CCN(C(=O)c2cnc(-c3ccccc3F)s2)CC1. The Hall–Kier alpha value is -2.48. The molecule has 2 aromatic rings. The van der Waals surface area contributed by atoms with Gasteiger partial charge in [-0.3, -0.25) is 4.79 Å². The van der Waals surface area contributed by atoms with E-state index in [0.29, 0.717) is 48.2 Å². The fourth-order valence-electron chi connectivity index (χ4n) is 2.66. The van der Waals surface area contributed by atoms with Gasteiger partial charge in [0.15, 0.2) is 0 Å². The zero-order valence-corrected chi connectivity index (χ0v) is 14.7. The third kappa shape index (κ3) is 3.79. The van der Waals surface area contributed by atoms with E-state index in [1.165, 1.54) is 23.6 Å². The quantitative estimate of drug-likeness (QED) is 0.912. The topological polar surface area (TPSA) is 65.5 Å². The molecule has 8 heteroatoms. The molecule has 0 radical (unpaired) electrons. The number of piperazine rings is 1. The number of rotatable bonds is 3. The van der Waals surface area contributed by atoms with Crippen molar-refractivity contribution < 1.29 is 14.0 Å². The Bertz CT molecular complexity index is 772.